The number of oxazole rings is 1. The number of likely N-dealkylation sites (tertiary alicyclic amines) is 1. The van der Waals surface area contributed by atoms with Crippen molar-refractivity contribution in [3.05, 3.63) is 53.0 Å². The van der Waals surface area contributed by atoms with Crippen molar-refractivity contribution in [1.82, 2.24) is 14.8 Å². The number of amides is 2. The van der Waals surface area contributed by atoms with Gasteiger partial charge in [0.2, 0.25) is 5.91 Å². The molecule has 7 heteroatoms. The van der Waals surface area contributed by atoms with E-state index in [0.29, 0.717) is 30.4 Å². The van der Waals surface area contributed by atoms with Gasteiger partial charge in [-0.1, -0.05) is 12.1 Å². The van der Waals surface area contributed by atoms with Gasteiger partial charge in [-0.25, -0.2) is 9.37 Å². The van der Waals surface area contributed by atoms with Crippen molar-refractivity contribution in [2.75, 3.05) is 27.2 Å². The molecule has 27 heavy (non-hydrogen) atoms. The Labute approximate surface area is 158 Å². The summed E-state index contributed by atoms with van der Waals surface area (Å²) in [4.78, 5) is 32.3. The van der Waals surface area contributed by atoms with E-state index in [1.165, 1.54) is 17.0 Å². The van der Waals surface area contributed by atoms with Gasteiger partial charge < -0.3 is 14.2 Å². The lowest BCUT2D eigenvalue weighted by Gasteiger charge is -2.30. The van der Waals surface area contributed by atoms with Gasteiger partial charge in [-0.3, -0.25) is 9.59 Å². The van der Waals surface area contributed by atoms with Crippen molar-refractivity contribution in [1.29, 1.82) is 0 Å². The van der Waals surface area contributed by atoms with Gasteiger partial charge in [0, 0.05) is 33.1 Å². The van der Waals surface area contributed by atoms with Crippen LogP contribution in [-0.4, -0.2) is 53.8 Å². The summed E-state index contributed by atoms with van der Waals surface area (Å²) in [7, 11) is 3.36. The van der Waals surface area contributed by atoms with E-state index in [0.717, 1.165) is 18.4 Å². The SMILES string of the molecule is Cc1oc(C2CCN(C(=O)Cc3ccc(F)cc3)CC2)nc1C(=O)N(C)C. The fraction of sp³-hybridized carbons (Fsp3) is 0.450. The molecule has 144 valence electrons. The number of carbonyl (C=O) groups is 2. The van der Waals surface area contributed by atoms with Crippen LogP contribution >= 0.6 is 0 Å². The number of piperidine rings is 1. The molecular formula is C20H24FN3O3. The zero-order valence-electron chi connectivity index (χ0n) is 15.9. The molecule has 6 nitrogen and oxygen atoms in total. The molecule has 2 amide bonds. The van der Waals surface area contributed by atoms with Crippen molar-refractivity contribution in [2.24, 2.45) is 0 Å². The van der Waals surface area contributed by atoms with Gasteiger partial charge in [0.05, 0.1) is 6.42 Å². The molecule has 1 fully saturated rings. The van der Waals surface area contributed by atoms with Crippen LogP contribution in [0, 0.1) is 12.7 Å². The van der Waals surface area contributed by atoms with E-state index in [1.807, 2.05) is 4.90 Å². The Morgan fingerprint density at radius 1 is 1.22 bits per heavy atom. The highest BCUT2D eigenvalue weighted by Crippen LogP contribution is 2.29. The molecular weight excluding hydrogens is 349 g/mol. The smallest absolute Gasteiger partial charge is 0.275 e. The van der Waals surface area contributed by atoms with E-state index < -0.39 is 0 Å². The quantitative estimate of drug-likeness (QED) is 0.827. The molecule has 2 heterocycles. The van der Waals surface area contributed by atoms with Gasteiger partial charge >= 0.3 is 0 Å². The monoisotopic (exact) mass is 373 g/mol. The second-order valence-electron chi connectivity index (χ2n) is 7.11. The van der Waals surface area contributed by atoms with E-state index in [-0.39, 0.29) is 30.0 Å². The fourth-order valence-corrected chi connectivity index (χ4v) is 3.27. The van der Waals surface area contributed by atoms with Crippen LogP contribution in [0.3, 0.4) is 0 Å². The van der Waals surface area contributed by atoms with E-state index in [4.69, 9.17) is 4.42 Å². The largest absolute Gasteiger partial charge is 0.445 e. The minimum absolute atomic E-state index is 0.0344. The van der Waals surface area contributed by atoms with Gasteiger partial charge in [0.15, 0.2) is 11.6 Å². The van der Waals surface area contributed by atoms with Crippen LogP contribution in [0.25, 0.3) is 0 Å². The first kappa shape index (κ1) is 19.1. The fourth-order valence-electron chi connectivity index (χ4n) is 3.27. The maximum Gasteiger partial charge on any atom is 0.275 e. The van der Waals surface area contributed by atoms with Crippen molar-refractivity contribution >= 4 is 11.8 Å². The number of rotatable bonds is 4. The van der Waals surface area contributed by atoms with E-state index in [2.05, 4.69) is 4.98 Å². The molecule has 1 saturated heterocycles. The molecule has 1 aliphatic heterocycles. The van der Waals surface area contributed by atoms with E-state index >= 15 is 0 Å². The third kappa shape index (κ3) is 4.35. The molecule has 0 atom stereocenters. The summed E-state index contributed by atoms with van der Waals surface area (Å²) in [5.41, 5.74) is 1.16. The topological polar surface area (TPSA) is 66.7 Å². The van der Waals surface area contributed by atoms with Crippen LogP contribution in [-0.2, 0) is 11.2 Å². The zero-order chi connectivity index (χ0) is 19.6. The van der Waals surface area contributed by atoms with Gasteiger partial charge in [0.25, 0.3) is 5.91 Å². The summed E-state index contributed by atoms with van der Waals surface area (Å²) in [6, 6.07) is 6.01. The highest BCUT2D eigenvalue weighted by molar-refractivity contribution is 5.92. The van der Waals surface area contributed by atoms with Crippen LogP contribution in [0.4, 0.5) is 4.39 Å². The van der Waals surface area contributed by atoms with Crippen molar-refractivity contribution in [3.63, 3.8) is 0 Å². The molecule has 0 unspecified atom stereocenters. The summed E-state index contributed by atoms with van der Waals surface area (Å²) in [5, 5.41) is 0. The predicted octanol–water partition coefficient (Wildman–Crippen LogP) is 2.77. The van der Waals surface area contributed by atoms with Crippen LogP contribution < -0.4 is 0 Å². The first-order chi connectivity index (χ1) is 12.8. The lowest BCUT2D eigenvalue weighted by atomic mass is 9.96. The number of hydrogen-bond donors (Lipinski definition) is 0. The Hall–Kier alpha value is -2.70. The third-order valence-electron chi connectivity index (χ3n) is 4.89. The molecule has 1 aromatic carbocycles. The summed E-state index contributed by atoms with van der Waals surface area (Å²) < 4.78 is 18.7. The average Bonchev–Trinajstić information content (AvgIpc) is 3.04. The summed E-state index contributed by atoms with van der Waals surface area (Å²) in [6.07, 6.45) is 1.75. The highest BCUT2D eigenvalue weighted by Gasteiger charge is 2.29. The number of hydrogen-bond acceptors (Lipinski definition) is 4. The van der Waals surface area contributed by atoms with Crippen LogP contribution in [0.5, 0.6) is 0 Å². The summed E-state index contributed by atoms with van der Waals surface area (Å²) in [5.74, 6) is 0.756. The standard InChI is InChI=1S/C20H24FN3O3/c1-13-18(20(26)23(2)3)22-19(27-13)15-8-10-24(11-9-15)17(25)12-14-4-6-16(21)7-5-14/h4-7,15H,8-12H2,1-3H3. The molecule has 0 spiro atoms. The lowest BCUT2D eigenvalue weighted by molar-refractivity contribution is -0.131. The normalized spacial score (nSPS) is 15.0. The van der Waals surface area contributed by atoms with Gasteiger partial charge in [-0.2, -0.15) is 0 Å². The maximum absolute atomic E-state index is 13.0. The average molecular weight is 373 g/mol. The Balaban J connectivity index is 1.58. The third-order valence-corrected chi connectivity index (χ3v) is 4.89. The molecule has 1 aliphatic rings. The molecule has 3 rings (SSSR count). The minimum atomic E-state index is -0.305. The van der Waals surface area contributed by atoms with Gasteiger partial charge in [-0.15, -0.1) is 0 Å². The van der Waals surface area contributed by atoms with Gasteiger partial charge in [0.1, 0.15) is 11.6 Å². The number of carbonyl (C=O) groups excluding carboxylic acids is 2. The first-order valence-electron chi connectivity index (χ1n) is 9.06. The first-order valence-corrected chi connectivity index (χ1v) is 9.06. The predicted molar refractivity (Wildman–Crippen MR) is 97.9 cm³/mol. The molecule has 1 aromatic heterocycles. The maximum atomic E-state index is 13.0. The van der Waals surface area contributed by atoms with Gasteiger partial charge in [-0.05, 0) is 37.5 Å². The second kappa shape index (κ2) is 7.90. The van der Waals surface area contributed by atoms with Crippen LogP contribution in [0.15, 0.2) is 28.7 Å². The zero-order valence-corrected chi connectivity index (χ0v) is 15.9. The molecule has 2 aromatic rings. The van der Waals surface area contributed by atoms with Crippen molar-refractivity contribution in [2.45, 2.75) is 32.1 Å². The molecule has 0 N–H and O–H groups in total. The molecule has 0 bridgehead atoms. The Morgan fingerprint density at radius 3 is 2.44 bits per heavy atom. The van der Waals surface area contributed by atoms with Crippen LogP contribution in [0.1, 0.15) is 46.5 Å². The number of nitrogens with zero attached hydrogens (tertiary/aromatic N) is 3. The van der Waals surface area contributed by atoms with E-state index in [9.17, 15) is 14.0 Å². The number of aryl methyl sites for hydroxylation is 1. The number of halogens is 1. The van der Waals surface area contributed by atoms with Crippen molar-refractivity contribution in [3.8, 4) is 0 Å². The van der Waals surface area contributed by atoms with Crippen LogP contribution in [0.2, 0.25) is 0 Å². The Kier molecular flexibility index (Phi) is 5.58. The van der Waals surface area contributed by atoms with E-state index in [1.54, 1.807) is 33.2 Å². The summed E-state index contributed by atoms with van der Waals surface area (Å²) in [6.45, 7) is 2.97. The minimum Gasteiger partial charge on any atom is -0.445 e. The van der Waals surface area contributed by atoms with Crippen molar-refractivity contribution < 1.29 is 18.4 Å². The lowest BCUT2D eigenvalue weighted by Crippen LogP contribution is -2.38. The summed E-state index contributed by atoms with van der Waals surface area (Å²) >= 11 is 0. The highest BCUT2D eigenvalue weighted by atomic mass is 19.1. The second-order valence-corrected chi connectivity index (χ2v) is 7.11. The molecule has 0 aliphatic carbocycles. The molecule has 0 saturated carbocycles. The number of benzene rings is 1. The number of aromatic nitrogens is 1. The Morgan fingerprint density at radius 2 is 1.85 bits per heavy atom. The Bertz CT molecular complexity index is 821. The molecule has 0 radical (unpaired) electrons.